The monoisotopic (exact) mass is 405 g/mol. The molecule has 0 radical (unpaired) electrons. The van der Waals surface area contributed by atoms with Crippen molar-refractivity contribution in [3.63, 3.8) is 0 Å². The van der Waals surface area contributed by atoms with Crippen molar-refractivity contribution in [1.82, 2.24) is 15.5 Å². The number of hydrogen-bond acceptors (Lipinski definition) is 3. The number of benzene rings is 2. The highest BCUT2D eigenvalue weighted by atomic mass is 16.2. The maximum absolute atomic E-state index is 12.7. The van der Waals surface area contributed by atoms with Gasteiger partial charge in [0.1, 0.15) is 5.54 Å². The highest BCUT2D eigenvalue weighted by Crippen LogP contribution is 2.35. The van der Waals surface area contributed by atoms with Crippen molar-refractivity contribution < 1.29 is 14.4 Å². The normalized spacial score (nSPS) is 18.5. The summed E-state index contributed by atoms with van der Waals surface area (Å²) >= 11 is 0. The Morgan fingerprint density at radius 2 is 1.63 bits per heavy atom. The molecule has 0 unspecified atom stereocenters. The summed E-state index contributed by atoms with van der Waals surface area (Å²) in [7, 11) is 0. The van der Waals surface area contributed by atoms with Gasteiger partial charge in [0, 0.05) is 13.0 Å². The molecule has 6 heteroatoms. The second-order valence-electron chi connectivity index (χ2n) is 8.15. The largest absolute Gasteiger partial charge is 0.349 e. The Bertz CT molecular complexity index is 908. The number of nitrogens with zero attached hydrogens (tertiary/aromatic N) is 1. The summed E-state index contributed by atoms with van der Waals surface area (Å²) in [6.07, 6.45) is 4.02. The molecule has 0 aromatic heterocycles. The van der Waals surface area contributed by atoms with Gasteiger partial charge in [-0.3, -0.25) is 14.5 Å². The Morgan fingerprint density at radius 1 is 1.00 bits per heavy atom. The molecule has 1 atom stereocenters. The van der Waals surface area contributed by atoms with Crippen LogP contribution >= 0.6 is 0 Å². The van der Waals surface area contributed by atoms with E-state index >= 15 is 0 Å². The van der Waals surface area contributed by atoms with Crippen LogP contribution in [0.4, 0.5) is 4.79 Å². The van der Waals surface area contributed by atoms with Crippen molar-refractivity contribution in [2.45, 2.75) is 50.1 Å². The third kappa shape index (κ3) is 4.22. The minimum absolute atomic E-state index is 0.0906. The van der Waals surface area contributed by atoms with Crippen molar-refractivity contribution in [1.29, 1.82) is 0 Å². The summed E-state index contributed by atoms with van der Waals surface area (Å²) in [6, 6.07) is 19.3. The molecule has 30 heavy (non-hydrogen) atoms. The van der Waals surface area contributed by atoms with E-state index < -0.39 is 5.54 Å². The van der Waals surface area contributed by atoms with Crippen LogP contribution in [0.1, 0.15) is 49.3 Å². The molecule has 1 saturated heterocycles. The Morgan fingerprint density at radius 3 is 2.30 bits per heavy atom. The first-order chi connectivity index (χ1) is 14.6. The molecule has 156 valence electrons. The van der Waals surface area contributed by atoms with Crippen LogP contribution < -0.4 is 10.6 Å². The third-order valence-electron chi connectivity index (χ3n) is 6.09. The Hall–Kier alpha value is -3.15. The van der Waals surface area contributed by atoms with Crippen LogP contribution in [-0.2, 0) is 16.0 Å². The average Bonchev–Trinajstić information content (AvgIpc) is 3.32. The first-order valence-corrected chi connectivity index (χ1v) is 10.6. The van der Waals surface area contributed by atoms with Gasteiger partial charge >= 0.3 is 6.03 Å². The summed E-state index contributed by atoms with van der Waals surface area (Å²) < 4.78 is 0. The van der Waals surface area contributed by atoms with E-state index in [-0.39, 0.29) is 36.9 Å². The summed E-state index contributed by atoms with van der Waals surface area (Å²) in [5, 5.41) is 5.95. The molecule has 2 fully saturated rings. The van der Waals surface area contributed by atoms with Gasteiger partial charge < -0.3 is 10.6 Å². The maximum Gasteiger partial charge on any atom is 0.325 e. The highest BCUT2D eigenvalue weighted by molar-refractivity contribution is 6.07. The van der Waals surface area contributed by atoms with Crippen molar-refractivity contribution in [2.24, 2.45) is 0 Å². The summed E-state index contributed by atoms with van der Waals surface area (Å²) in [4.78, 5) is 39.0. The Balaban J connectivity index is 1.39. The molecular formula is C24H27N3O3. The van der Waals surface area contributed by atoms with Crippen molar-refractivity contribution >= 4 is 17.8 Å². The van der Waals surface area contributed by atoms with Gasteiger partial charge in [0.25, 0.3) is 5.91 Å². The topological polar surface area (TPSA) is 78.5 Å². The zero-order chi connectivity index (χ0) is 21.0. The predicted octanol–water partition coefficient (Wildman–Crippen LogP) is 3.34. The van der Waals surface area contributed by atoms with Gasteiger partial charge in [-0.1, -0.05) is 73.5 Å². The molecule has 1 heterocycles. The van der Waals surface area contributed by atoms with Gasteiger partial charge in [-0.05, 0) is 30.4 Å². The predicted molar refractivity (Wildman–Crippen MR) is 114 cm³/mol. The van der Waals surface area contributed by atoms with Gasteiger partial charge in [-0.25, -0.2) is 4.79 Å². The summed E-state index contributed by atoms with van der Waals surface area (Å²) in [5.41, 5.74) is 1.42. The fraction of sp³-hybridized carbons (Fsp3) is 0.375. The minimum atomic E-state index is -0.729. The molecular weight excluding hydrogens is 378 g/mol. The SMILES string of the molecule is O=C(CCN1C(=O)NC2(CCCC2)C1=O)N[C@@H](Cc1ccccc1)c1ccccc1. The molecule has 1 saturated carbocycles. The van der Waals surface area contributed by atoms with E-state index in [1.165, 1.54) is 4.90 Å². The maximum atomic E-state index is 12.7. The standard InChI is InChI=1S/C24H27N3O3/c28-21(13-16-27-22(29)24(26-23(27)30)14-7-8-15-24)25-20(19-11-5-2-6-12-19)17-18-9-3-1-4-10-18/h1-6,9-12,20H,7-8,13-17H2,(H,25,28)(H,26,30)/t20-/m0/s1. The van der Waals surface area contributed by atoms with E-state index in [9.17, 15) is 14.4 Å². The lowest BCUT2D eigenvalue weighted by molar-refractivity contribution is -0.131. The van der Waals surface area contributed by atoms with E-state index in [2.05, 4.69) is 10.6 Å². The van der Waals surface area contributed by atoms with E-state index in [0.29, 0.717) is 19.3 Å². The van der Waals surface area contributed by atoms with E-state index in [1.54, 1.807) is 0 Å². The van der Waals surface area contributed by atoms with Crippen molar-refractivity contribution in [3.05, 3.63) is 71.8 Å². The lowest BCUT2D eigenvalue weighted by atomic mass is 9.98. The lowest BCUT2D eigenvalue weighted by Gasteiger charge is -2.21. The van der Waals surface area contributed by atoms with Crippen molar-refractivity contribution in [2.75, 3.05) is 6.54 Å². The van der Waals surface area contributed by atoms with E-state index in [4.69, 9.17) is 0 Å². The zero-order valence-electron chi connectivity index (χ0n) is 17.0. The van der Waals surface area contributed by atoms with Crippen LogP contribution in [0.5, 0.6) is 0 Å². The number of amides is 4. The quantitative estimate of drug-likeness (QED) is 0.694. The molecule has 1 aliphatic heterocycles. The molecule has 0 bridgehead atoms. The first kappa shape index (κ1) is 20.1. The summed E-state index contributed by atoms with van der Waals surface area (Å²) in [5.74, 6) is -0.352. The highest BCUT2D eigenvalue weighted by Gasteiger charge is 2.52. The molecule has 2 aromatic carbocycles. The number of carbonyl (C=O) groups is 3. The number of nitrogens with one attached hydrogen (secondary N) is 2. The van der Waals surface area contributed by atoms with Gasteiger partial charge in [0.05, 0.1) is 6.04 Å². The zero-order valence-corrected chi connectivity index (χ0v) is 17.0. The molecule has 4 rings (SSSR count). The fourth-order valence-corrected chi connectivity index (χ4v) is 4.46. The summed E-state index contributed by atoms with van der Waals surface area (Å²) in [6.45, 7) is 0.102. The fourth-order valence-electron chi connectivity index (χ4n) is 4.46. The van der Waals surface area contributed by atoms with Crippen LogP contribution in [0, 0.1) is 0 Å². The molecule has 1 spiro atoms. The van der Waals surface area contributed by atoms with Crippen LogP contribution in [0.25, 0.3) is 0 Å². The van der Waals surface area contributed by atoms with Gasteiger partial charge in [0.2, 0.25) is 5.91 Å². The molecule has 2 aromatic rings. The van der Waals surface area contributed by atoms with Gasteiger partial charge in [-0.15, -0.1) is 0 Å². The number of imide groups is 1. The molecule has 6 nitrogen and oxygen atoms in total. The van der Waals surface area contributed by atoms with Crippen LogP contribution in [-0.4, -0.2) is 34.8 Å². The van der Waals surface area contributed by atoms with E-state index in [0.717, 1.165) is 24.0 Å². The van der Waals surface area contributed by atoms with E-state index in [1.807, 2.05) is 60.7 Å². The molecule has 2 N–H and O–H groups in total. The molecule has 4 amide bonds. The lowest BCUT2D eigenvalue weighted by Crippen LogP contribution is -2.44. The average molecular weight is 405 g/mol. The minimum Gasteiger partial charge on any atom is -0.349 e. The third-order valence-corrected chi connectivity index (χ3v) is 6.09. The van der Waals surface area contributed by atoms with Crippen LogP contribution in [0.3, 0.4) is 0 Å². The Kier molecular flexibility index (Phi) is 5.84. The smallest absolute Gasteiger partial charge is 0.325 e. The molecule has 2 aliphatic rings. The molecule has 1 aliphatic carbocycles. The first-order valence-electron chi connectivity index (χ1n) is 10.6. The van der Waals surface area contributed by atoms with Gasteiger partial charge in [0.15, 0.2) is 0 Å². The van der Waals surface area contributed by atoms with Gasteiger partial charge in [-0.2, -0.15) is 0 Å². The van der Waals surface area contributed by atoms with Crippen molar-refractivity contribution in [3.8, 4) is 0 Å². The second kappa shape index (κ2) is 8.69. The van der Waals surface area contributed by atoms with Crippen LogP contribution in [0.2, 0.25) is 0 Å². The van der Waals surface area contributed by atoms with Crippen LogP contribution in [0.15, 0.2) is 60.7 Å². The second-order valence-corrected chi connectivity index (χ2v) is 8.15. The number of carbonyl (C=O) groups excluding carboxylic acids is 3. The number of rotatable bonds is 7. The number of hydrogen-bond donors (Lipinski definition) is 2. The number of urea groups is 1. The Labute approximate surface area is 176 Å².